The van der Waals surface area contributed by atoms with Crippen LogP contribution in [0.5, 0.6) is 0 Å². The van der Waals surface area contributed by atoms with Crippen molar-refractivity contribution in [1.82, 2.24) is 14.9 Å². The van der Waals surface area contributed by atoms with Crippen LogP contribution >= 0.6 is 0 Å². The number of nitrogens with zero attached hydrogens (tertiary/aromatic N) is 2. The van der Waals surface area contributed by atoms with Crippen molar-refractivity contribution in [1.29, 1.82) is 0 Å². The van der Waals surface area contributed by atoms with Crippen LogP contribution in [-0.2, 0) is 0 Å². The fourth-order valence-electron chi connectivity index (χ4n) is 2.99. The first-order valence-corrected chi connectivity index (χ1v) is 8.73. The molecule has 0 saturated carbocycles. The van der Waals surface area contributed by atoms with Crippen molar-refractivity contribution in [2.24, 2.45) is 0 Å². The normalized spacial score (nSPS) is 13.2. The molecule has 26 heavy (non-hydrogen) atoms. The molecule has 134 valence electrons. The van der Waals surface area contributed by atoms with Crippen molar-refractivity contribution < 1.29 is 9.90 Å². The van der Waals surface area contributed by atoms with Gasteiger partial charge in [-0.3, -0.25) is 4.79 Å². The van der Waals surface area contributed by atoms with E-state index >= 15 is 0 Å². The summed E-state index contributed by atoms with van der Waals surface area (Å²) in [5.41, 5.74) is 2.68. The van der Waals surface area contributed by atoms with Crippen LogP contribution in [0.1, 0.15) is 35.2 Å². The topological polar surface area (TPSA) is 67.2 Å². The zero-order valence-electron chi connectivity index (χ0n) is 14.7. The lowest BCUT2D eigenvalue weighted by atomic mass is 9.93. The lowest BCUT2D eigenvalue weighted by molar-refractivity contribution is 0.0945. The van der Waals surface area contributed by atoms with Gasteiger partial charge >= 0.3 is 0 Å². The fourth-order valence-corrected chi connectivity index (χ4v) is 2.99. The highest BCUT2D eigenvalue weighted by molar-refractivity contribution is 5.94. The number of imidazole rings is 1. The molecule has 0 aliphatic rings. The van der Waals surface area contributed by atoms with Crippen LogP contribution < -0.4 is 5.32 Å². The van der Waals surface area contributed by atoms with E-state index in [1.54, 1.807) is 31.6 Å². The van der Waals surface area contributed by atoms with Crippen LogP contribution in [0.3, 0.4) is 0 Å². The number of carbonyl (C=O) groups excluding carboxylic acids is 1. The SMILES string of the molecule is CC(O)CC(CNC(=O)c1ccc(-n2ccnc2)cc1)c1ccccc1. The molecule has 0 aliphatic carbocycles. The van der Waals surface area contributed by atoms with E-state index in [1.165, 1.54) is 0 Å². The van der Waals surface area contributed by atoms with Gasteiger partial charge in [-0.2, -0.15) is 0 Å². The zero-order valence-corrected chi connectivity index (χ0v) is 14.7. The summed E-state index contributed by atoms with van der Waals surface area (Å²) in [6.07, 6.45) is 5.47. The molecule has 0 spiro atoms. The van der Waals surface area contributed by atoms with E-state index in [0.717, 1.165) is 11.3 Å². The van der Waals surface area contributed by atoms with Crippen LogP contribution in [0.4, 0.5) is 0 Å². The van der Waals surface area contributed by atoms with E-state index in [1.807, 2.05) is 53.2 Å². The van der Waals surface area contributed by atoms with E-state index in [4.69, 9.17) is 0 Å². The average Bonchev–Trinajstić information content (AvgIpc) is 3.20. The molecular weight excluding hydrogens is 326 g/mol. The predicted octanol–water partition coefficient (Wildman–Crippen LogP) is 3.16. The summed E-state index contributed by atoms with van der Waals surface area (Å²) in [7, 11) is 0. The Bertz CT molecular complexity index is 812. The maximum absolute atomic E-state index is 12.5. The van der Waals surface area contributed by atoms with Crippen molar-refractivity contribution >= 4 is 5.91 Å². The van der Waals surface area contributed by atoms with Crippen molar-refractivity contribution in [2.75, 3.05) is 6.54 Å². The fraction of sp³-hybridized carbons (Fsp3) is 0.238. The van der Waals surface area contributed by atoms with Crippen LogP contribution in [0.15, 0.2) is 73.3 Å². The van der Waals surface area contributed by atoms with E-state index in [0.29, 0.717) is 18.5 Å². The predicted molar refractivity (Wildman–Crippen MR) is 101 cm³/mol. The molecule has 3 aromatic rings. The summed E-state index contributed by atoms with van der Waals surface area (Å²) in [5, 5.41) is 12.8. The lowest BCUT2D eigenvalue weighted by Crippen LogP contribution is -2.29. The van der Waals surface area contributed by atoms with Gasteiger partial charge in [-0.25, -0.2) is 4.98 Å². The lowest BCUT2D eigenvalue weighted by Gasteiger charge is -2.19. The highest BCUT2D eigenvalue weighted by Gasteiger charge is 2.16. The van der Waals surface area contributed by atoms with Crippen molar-refractivity contribution in [2.45, 2.75) is 25.4 Å². The average molecular weight is 349 g/mol. The molecule has 0 fully saturated rings. The van der Waals surface area contributed by atoms with Crippen LogP contribution in [0.2, 0.25) is 0 Å². The number of hydrogen-bond acceptors (Lipinski definition) is 3. The summed E-state index contributed by atoms with van der Waals surface area (Å²) < 4.78 is 1.88. The Morgan fingerprint density at radius 2 is 1.88 bits per heavy atom. The molecule has 2 aromatic carbocycles. The van der Waals surface area contributed by atoms with Gasteiger partial charge in [-0.1, -0.05) is 30.3 Å². The Kier molecular flexibility index (Phi) is 5.81. The molecule has 0 bridgehead atoms. The van der Waals surface area contributed by atoms with Gasteiger partial charge in [0.25, 0.3) is 5.91 Å². The number of benzene rings is 2. The molecule has 2 unspecified atom stereocenters. The molecule has 3 rings (SSSR count). The smallest absolute Gasteiger partial charge is 0.251 e. The van der Waals surface area contributed by atoms with E-state index in [2.05, 4.69) is 10.3 Å². The third kappa shape index (κ3) is 4.58. The van der Waals surface area contributed by atoms with E-state index < -0.39 is 6.10 Å². The van der Waals surface area contributed by atoms with Gasteiger partial charge in [0, 0.05) is 36.1 Å². The van der Waals surface area contributed by atoms with Gasteiger partial charge in [-0.15, -0.1) is 0 Å². The minimum Gasteiger partial charge on any atom is -0.393 e. The van der Waals surface area contributed by atoms with Crippen molar-refractivity contribution in [3.8, 4) is 5.69 Å². The molecule has 2 N–H and O–H groups in total. The Labute approximate surface area is 153 Å². The second kappa shape index (κ2) is 8.45. The highest BCUT2D eigenvalue weighted by atomic mass is 16.3. The number of carbonyl (C=O) groups is 1. The maximum Gasteiger partial charge on any atom is 0.251 e. The number of amides is 1. The second-order valence-corrected chi connectivity index (χ2v) is 6.42. The summed E-state index contributed by atoms with van der Waals surface area (Å²) in [6, 6.07) is 17.3. The Hall–Kier alpha value is -2.92. The van der Waals surface area contributed by atoms with Gasteiger partial charge in [0.05, 0.1) is 12.4 Å². The van der Waals surface area contributed by atoms with Gasteiger partial charge in [-0.05, 0) is 43.2 Å². The molecule has 2 atom stereocenters. The quantitative estimate of drug-likeness (QED) is 0.688. The van der Waals surface area contributed by atoms with Gasteiger partial charge < -0.3 is 15.0 Å². The first-order chi connectivity index (χ1) is 12.6. The van der Waals surface area contributed by atoms with E-state index in [-0.39, 0.29) is 11.8 Å². The first kappa shape index (κ1) is 17.9. The molecule has 1 heterocycles. The largest absolute Gasteiger partial charge is 0.393 e. The molecule has 0 aliphatic heterocycles. The Morgan fingerprint density at radius 3 is 2.50 bits per heavy atom. The van der Waals surface area contributed by atoms with Gasteiger partial charge in [0.15, 0.2) is 0 Å². The standard InChI is InChI=1S/C21H23N3O2/c1-16(25)13-19(17-5-3-2-4-6-17)14-23-21(26)18-7-9-20(10-8-18)24-12-11-22-15-24/h2-12,15-16,19,25H,13-14H2,1H3,(H,23,26). The second-order valence-electron chi connectivity index (χ2n) is 6.42. The van der Waals surface area contributed by atoms with Crippen molar-refractivity contribution in [3.05, 3.63) is 84.4 Å². The Balaban J connectivity index is 1.64. The monoisotopic (exact) mass is 349 g/mol. The summed E-state index contributed by atoms with van der Waals surface area (Å²) >= 11 is 0. The number of rotatable bonds is 7. The van der Waals surface area contributed by atoms with Crippen LogP contribution in [0.25, 0.3) is 5.69 Å². The number of aliphatic hydroxyl groups excluding tert-OH is 1. The molecule has 1 amide bonds. The number of hydrogen-bond donors (Lipinski definition) is 2. The minimum atomic E-state index is -0.424. The molecule has 5 nitrogen and oxygen atoms in total. The van der Waals surface area contributed by atoms with Gasteiger partial charge in [0.1, 0.15) is 0 Å². The highest BCUT2D eigenvalue weighted by Crippen LogP contribution is 2.20. The maximum atomic E-state index is 12.5. The number of aromatic nitrogens is 2. The first-order valence-electron chi connectivity index (χ1n) is 8.73. The van der Waals surface area contributed by atoms with Gasteiger partial charge in [0.2, 0.25) is 0 Å². The molecule has 5 heteroatoms. The zero-order chi connectivity index (χ0) is 18.4. The number of aliphatic hydroxyl groups is 1. The van der Waals surface area contributed by atoms with Crippen molar-refractivity contribution in [3.63, 3.8) is 0 Å². The molecular formula is C21H23N3O2. The summed E-state index contributed by atoms with van der Waals surface area (Å²) in [5.74, 6) is -0.0425. The minimum absolute atomic E-state index is 0.0744. The molecule has 1 aromatic heterocycles. The van der Waals surface area contributed by atoms with E-state index in [9.17, 15) is 9.90 Å². The summed E-state index contributed by atoms with van der Waals surface area (Å²) in [4.78, 5) is 16.5. The third-order valence-corrected chi connectivity index (χ3v) is 4.34. The van der Waals surface area contributed by atoms with Crippen LogP contribution in [-0.4, -0.2) is 33.2 Å². The summed E-state index contributed by atoms with van der Waals surface area (Å²) in [6.45, 7) is 2.25. The number of nitrogens with one attached hydrogen (secondary N) is 1. The van der Waals surface area contributed by atoms with Crippen LogP contribution in [0, 0.1) is 0 Å². The molecule has 0 radical (unpaired) electrons. The molecule has 0 saturated heterocycles. The Morgan fingerprint density at radius 1 is 1.15 bits per heavy atom. The third-order valence-electron chi connectivity index (χ3n) is 4.34.